The van der Waals surface area contributed by atoms with E-state index in [1.54, 1.807) is 18.4 Å². The number of amides is 1. The highest BCUT2D eigenvalue weighted by Crippen LogP contribution is 2.14. The molecule has 1 aliphatic heterocycles. The maximum Gasteiger partial charge on any atom is 0.273 e. The first-order chi connectivity index (χ1) is 4.84. The first-order valence-electron chi connectivity index (χ1n) is 2.65. The zero-order valence-electron chi connectivity index (χ0n) is 5.13. The molecular weight excluding hydrogens is 150 g/mol. The maximum absolute atomic E-state index is 10.8. The first-order valence-corrected chi connectivity index (χ1v) is 3.46. The lowest BCUT2D eigenvalue weighted by molar-refractivity contribution is -0.116. The number of hydrazine groups is 1. The Hall–Kier alpha value is -0.940. The average Bonchev–Trinajstić information content (AvgIpc) is 2.05. The second-order valence-electron chi connectivity index (χ2n) is 1.58. The second-order valence-corrected chi connectivity index (χ2v) is 2.46. The highest BCUT2D eigenvalue weighted by atomic mass is 32.2. The van der Waals surface area contributed by atoms with Gasteiger partial charge in [0.1, 0.15) is 0 Å². The fraction of sp³-hybridized carbons (Fsp3) is 0. The molecule has 0 saturated carbocycles. The number of hydrogen-bond acceptors (Lipinski definition) is 4. The van der Waals surface area contributed by atoms with Crippen LogP contribution in [0.2, 0.25) is 0 Å². The van der Waals surface area contributed by atoms with Crippen molar-refractivity contribution in [3.63, 3.8) is 0 Å². The third kappa shape index (κ3) is 1.52. The van der Waals surface area contributed by atoms with Gasteiger partial charge in [-0.25, -0.2) is 5.84 Å². The fourth-order valence-corrected chi connectivity index (χ4v) is 1.07. The Balaban J connectivity index is 2.62. The van der Waals surface area contributed by atoms with Crippen LogP contribution in [0.15, 0.2) is 23.3 Å². The second kappa shape index (κ2) is 3.28. The SMILES string of the molecule is NNC(=O)C1=CC=CNS1. The van der Waals surface area contributed by atoms with Crippen LogP contribution in [0.3, 0.4) is 0 Å². The van der Waals surface area contributed by atoms with Crippen molar-refractivity contribution in [2.45, 2.75) is 0 Å². The molecule has 1 heterocycles. The summed E-state index contributed by atoms with van der Waals surface area (Å²) in [6.07, 6.45) is 5.16. The Morgan fingerprint density at radius 1 is 1.80 bits per heavy atom. The maximum atomic E-state index is 10.8. The van der Waals surface area contributed by atoms with E-state index >= 15 is 0 Å². The van der Waals surface area contributed by atoms with E-state index in [2.05, 4.69) is 4.72 Å². The van der Waals surface area contributed by atoms with Crippen LogP contribution < -0.4 is 16.0 Å². The predicted molar refractivity (Wildman–Crippen MR) is 40.3 cm³/mol. The Labute approximate surface area is 62.6 Å². The molecule has 54 valence electrons. The lowest BCUT2D eigenvalue weighted by atomic mass is 10.4. The quantitative estimate of drug-likeness (QED) is 0.210. The highest BCUT2D eigenvalue weighted by molar-refractivity contribution is 8.02. The first kappa shape index (κ1) is 7.17. The molecule has 1 aliphatic rings. The van der Waals surface area contributed by atoms with E-state index < -0.39 is 0 Å². The lowest BCUT2D eigenvalue weighted by Crippen LogP contribution is -2.31. The molecule has 0 atom stereocenters. The Morgan fingerprint density at radius 2 is 2.60 bits per heavy atom. The normalized spacial score (nSPS) is 15.5. The number of allylic oxidation sites excluding steroid dienone is 2. The van der Waals surface area contributed by atoms with Gasteiger partial charge in [0.15, 0.2) is 0 Å². The third-order valence-electron chi connectivity index (χ3n) is 0.936. The van der Waals surface area contributed by atoms with E-state index in [-0.39, 0.29) is 5.91 Å². The van der Waals surface area contributed by atoms with Gasteiger partial charge in [0, 0.05) is 6.20 Å². The van der Waals surface area contributed by atoms with Crippen molar-refractivity contribution < 1.29 is 4.79 Å². The molecule has 0 radical (unpaired) electrons. The van der Waals surface area contributed by atoms with Gasteiger partial charge in [0.25, 0.3) is 5.91 Å². The van der Waals surface area contributed by atoms with Crippen molar-refractivity contribution >= 4 is 17.9 Å². The van der Waals surface area contributed by atoms with Crippen LogP contribution in [0, 0.1) is 0 Å². The number of rotatable bonds is 1. The zero-order chi connectivity index (χ0) is 7.40. The molecule has 0 aromatic carbocycles. The van der Waals surface area contributed by atoms with Crippen LogP contribution >= 0.6 is 11.9 Å². The van der Waals surface area contributed by atoms with Gasteiger partial charge in [0.05, 0.1) is 4.91 Å². The standard InChI is InChI=1S/C5H7N3OS/c6-8-5(9)4-2-1-3-7-10-4/h1-3,7H,6H2,(H,8,9). The molecular formula is C5H7N3OS. The molecule has 0 fully saturated rings. The summed E-state index contributed by atoms with van der Waals surface area (Å²) in [7, 11) is 0. The number of nitrogens with two attached hydrogens (primary N) is 1. The van der Waals surface area contributed by atoms with Crippen LogP contribution in [0.4, 0.5) is 0 Å². The van der Waals surface area contributed by atoms with Gasteiger partial charge in [-0.1, -0.05) is 0 Å². The summed E-state index contributed by atoms with van der Waals surface area (Å²) in [5.74, 6) is 4.62. The molecule has 0 aromatic rings. The number of nitrogens with one attached hydrogen (secondary N) is 2. The molecule has 1 rings (SSSR count). The molecule has 4 N–H and O–H groups in total. The molecule has 4 nitrogen and oxygen atoms in total. The summed E-state index contributed by atoms with van der Waals surface area (Å²) in [6.45, 7) is 0. The lowest BCUT2D eigenvalue weighted by Gasteiger charge is -2.06. The molecule has 5 heteroatoms. The van der Waals surface area contributed by atoms with Gasteiger partial charge in [-0.15, -0.1) is 0 Å². The molecule has 1 amide bonds. The van der Waals surface area contributed by atoms with E-state index in [9.17, 15) is 4.79 Å². The van der Waals surface area contributed by atoms with Gasteiger partial charge in [-0.2, -0.15) is 0 Å². The minimum atomic E-state index is -0.276. The van der Waals surface area contributed by atoms with Crippen molar-refractivity contribution in [1.82, 2.24) is 10.1 Å². The van der Waals surface area contributed by atoms with Crippen molar-refractivity contribution in [2.75, 3.05) is 0 Å². The van der Waals surface area contributed by atoms with Gasteiger partial charge in [0.2, 0.25) is 0 Å². The third-order valence-corrected chi connectivity index (χ3v) is 1.73. The number of hydrogen-bond donors (Lipinski definition) is 3. The molecule has 0 aromatic heterocycles. The van der Waals surface area contributed by atoms with Crippen LogP contribution in [0.5, 0.6) is 0 Å². The summed E-state index contributed by atoms with van der Waals surface area (Å²) in [5, 5.41) is 0. The van der Waals surface area contributed by atoms with E-state index in [4.69, 9.17) is 5.84 Å². The highest BCUT2D eigenvalue weighted by Gasteiger charge is 2.07. The topological polar surface area (TPSA) is 67.1 Å². The van der Waals surface area contributed by atoms with Crippen molar-refractivity contribution in [3.05, 3.63) is 23.3 Å². The predicted octanol–water partition coefficient (Wildman–Crippen LogP) is -0.375. The van der Waals surface area contributed by atoms with E-state index in [0.717, 1.165) is 0 Å². The number of carbonyl (C=O) groups is 1. The summed E-state index contributed by atoms with van der Waals surface area (Å²) < 4.78 is 2.80. The molecule has 0 aliphatic carbocycles. The average molecular weight is 157 g/mol. The summed E-state index contributed by atoms with van der Waals surface area (Å²) in [4.78, 5) is 11.3. The molecule has 0 bridgehead atoms. The van der Waals surface area contributed by atoms with Gasteiger partial charge < -0.3 is 4.72 Å². The fourth-order valence-electron chi connectivity index (χ4n) is 0.499. The van der Waals surface area contributed by atoms with Gasteiger partial charge in [-0.05, 0) is 24.1 Å². The molecule has 0 unspecified atom stereocenters. The minimum Gasteiger partial charge on any atom is -0.332 e. The minimum absolute atomic E-state index is 0.276. The zero-order valence-corrected chi connectivity index (χ0v) is 5.94. The van der Waals surface area contributed by atoms with Crippen LogP contribution in [-0.4, -0.2) is 5.91 Å². The van der Waals surface area contributed by atoms with Crippen LogP contribution in [-0.2, 0) is 4.79 Å². The Bertz CT molecular complexity index is 199. The van der Waals surface area contributed by atoms with E-state index in [0.29, 0.717) is 4.91 Å². The Kier molecular flexibility index (Phi) is 2.35. The smallest absolute Gasteiger partial charge is 0.273 e. The summed E-state index contributed by atoms with van der Waals surface area (Å²) >= 11 is 1.23. The van der Waals surface area contributed by atoms with Crippen LogP contribution in [0.1, 0.15) is 0 Å². The van der Waals surface area contributed by atoms with Crippen molar-refractivity contribution in [3.8, 4) is 0 Å². The summed E-state index contributed by atoms with van der Waals surface area (Å²) in [5.41, 5.74) is 2.03. The monoisotopic (exact) mass is 157 g/mol. The number of carbonyl (C=O) groups excluding carboxylic acids is 1. The Morgan fingerprint density at radius 3 is 3.10 bits per heavy atom. The summed E-state index contributed by atoms with van der Waals surface area (Å²) in [6, 6.07) is 0. The molecule has 0 saturated heterocycles. The van der Waals surface area contributed by atoms with E-state index in [1.165, 1.54) is 11.9 Å². The van der Waals surface area contributed by atoms with Gasteiger partial charge in [-0.3, -0.25) is 10.2 Å². The van der Waals surface area contributed by atoms with Gasteiger partial charge >= 0.3 is 0 Å². The van der Waals surface area contributed by atoms with Crippen molar-refractivity contribution in [1.29, 1.82) is 0 Å². The van der Waals surface area contributed by atoms with Crippen LogP contribution in [0.25, 0.3) is 0 Å². The molecule has 10 heavy (non-hydrogen) atoms. The largest absolute Gasteiger partial charge is 0.332 e. The van der Waals surface area contributed by atoms with Crippen molar-refractivity contribution in [2.24, 2.45) is 5.84 Å². The van der Waals surface area contributed by atoms with E-state index in [1.807, 2.05) is 5.43 Å². The molecule has 0 spiro atoms.